The molecule has 0 fully saturated rings. The fourth-order valence-corrected chi connectivity index (χ4v) is 4.07. The average Bonchev–Trinajstić information content (AvgIpc) is 3.07. The van der Waals surface area contributed by atoms with E-state index in [1.54, 1.807) is 0 Å². The molecular weight excluding hydrogens is 326 g/mol. The van der Waals surface area contributed by atoms with Gasteiger partial charge in [0.25, 0.3) is 0 Å². The van der Waals surface area contributed by atoms with Crippen LogP contribution in [0.5, 0.6) is 0 Å². The third-order valence-electron chi connectivity index (χ3n) is 5.32. The molecular formula is C26H25N. The van der Waals surface area contributed by atoms with Gasteiger partial charge >= 0.3 is 0 Å². The predicted octanol–water partition coefficient (Wildman–Crippen LogP) is 7.25. The van der Waals surface area contributed by atoms with Crippen LogP contribution in [0.4, 0.5) is 5.69 Å². The SMILES string of the molecule is CC1=CCC(c2ccc3ccccc3c2C=Nc2c(C)cc(C)cc2C)=C1. The van der Waals surface area contributed by atoms with Gasteiger partial charge in [-0.1, -0.05) is 71.8 Å². The molecule has 0 spiro atoms. The largest absolute Gasteiger partial charge is 0.256 e. The number of aryl methyl sites for hydroxylation is 3. The van der Waals surface area contributed by atoms with E-state index in [4.69, 9.17) is 4.99 Å². The first kappa shape index (κ1) is 17.5. The van der Waals surface area contributed by atoms with Crippen LogP contribution in [0.15, 0.2) is 71.2 Å². The molecule has 0 unspecified atom stereocenters. The lowest BCUT2D eigenvalue weighted by Crippen LogP contribution is -1.94. The maximum absolute atomic E-state index is 4.95. The summed E-state index contributed by atoms with van der Waals surface area (Å²) in [6, 6.07) is 17.5. The van der Waals surface area contributed by atoms with Crippen molar-refractivity contribution >= 4 is 28.2 Å². The van der Waals surface area contributed by atoms with E-state index >= 15 is 0 Å². The Morgan fingerprint density at radius 1 is 0.889 bits per heavy atom. The molecule has 0 radical (unpaired) electrons. The van der Waals surface area contributed by atoms with Crippen LogP contribution < -0.4 is 0 Å². The van der Waals surface area contributed by atoms with Crippen molar-refractivity contribution in [3.63, 3.8) is 0 Å². The Balaban J connectivity index is 1.89. The van der Waals surface area contributed by atoms with Crippen LogP contribution in [0.2, 0.25) is 0 Å². The maximum Gasteiger partial charge on any atom is 0.0688 e. The molecule has 1 aliphatic carbocycles. The van der Waals surface area contributed by atoms with Crippen molar-refractivity contribution in [2.75, 3.05) is 0 Å². The summed E-state index contributed by atoms with van der Waals surface area (Å²) in [5.41, 5.74) is 10.0. The Bertz CT molecular complexity index is 1100. The fourth-order valence-electron chi connectivity index (χ4n) is 4.07. The lowest BCUT2D eigenvalue weighted by atomic mass is 9.94. The molecule has 4 rings (SSSR count). The molecule has 0 N–H and O–H groups in total. The van der Waals surface area contributed by atoms with Crippen molar-refractivity contribution in [2.45, 2.75) is 34.1 Å². The van der Waals surface area contributed by atoms with Crippen molar-refractivity contribution in [3.05, 3.63) is 94.1 Å². The molecule has 1 nitrogen and oxygen atoms in total. The van der Waals surface area contributed by atoms with Crippen LogP contribution in [0.25, 0.3) is 16.3 Å². The van der Waals surface area contributed by atoms with Crippen LogP contribution in [-0.4, -0.2) is 6.21 Å². The highest BCUT2D eigenvalue weighted by Gasteiger charge is 2.13. The molecule has 3 aromatic rings. The highest BCUT2D eigenvalue weighted by atomic mass is 14.7. The Hall–Kier alpha value is -2.93. The fraction of sp³-hybridized carbons (Fsp3) is 0.192. The third kappa shape index (κ3) is 3.38. The molecule has 1 aliphatic rings. The quantitative estimate of drug-likeness (QED) is 0.441. The standard InChI is InChI=1S/C26H25N/c1-17-9-10-22(15-17)24-12-11-21-7-5-6-8-23(21)25(24)16-27-26-19(3)13-18(2)14-20(26)4/h5-9,11-16H,10H2,1-4H3. The Morgan fingerprint density at radius 2 is 1.63 bits per heavy atom. The van der Waals surface area contributed by atoms with E-state index < -0.39 is 0 Å². The number of rotatable bonds is 3. The number of fused-ring (bicyclic) bond motifs is 1. The maximum atomic E-state index is 4.95. The van der Waals surface area contributed by atoms with E-state index in [1.807, 2.05) is 0 Å². The van der Waals surface area contributed by atoms with E-state index in [1.165, 1.54) is 49.7 Å². The lowest BCUT2D eigenvalue weighted by molar-refractivity contribution is 1.29. The molecule has 0 heterocycles. The number of aliphatic imine (C=N–C) groups is 1. The van der Waals surface area contributed by atoms with Gasteiger partial charge in [-0.2, -0.15) is 0 Å². The Kier molecular flexibility index (Phi) is 4.53. The normalized spacial score (nSPS) is 14.1. The number of hydrogen-bond donors (Lipinski definition) is 0. The first-order chi connectivity index (χ1) is 13.0. The van der Waals surface area contributed by atoms with Crippen LogP contribution in [-0.2, 0) is 0 Å². The number of benzene rings is 3. The van der Waals surface area contributed by atoms with Crippen molar-refractivity contribution in [3.8, 4) is 0 Å². The molecule has 0 atom stereocenters. The first-order valence-electron chi connectivity index (χ1n) is 9.54. The van der Waals surface area contributed by atoms with Gasteiger partial charge in [0.05, 0.1) is 5.69 Å². The minimum Gasteiger partial charge on any atom is -0.256 e. The summed E-state index contributed by atoms with van der Waals surface area (Å²) < 4.78 is 0. The van der Waals surface area contributed by atoms with E-state index in [-0.39, 0.29) is 0 Å². The minimum absolute atomic E-state index is 0.994. The number of nitrogens with zero attached hydrogens (tertiary/aromatic N) is 1. The second kappa shape index (κ2) is 7.00. The van der Waals surface area contributed by atoms with Crippen molar-refractivity contribution < 1.29 is 0 Å². The molecule has 1 heteroatoms. The van der Waals surface area contributed by atoms with Crippen LogP contribution in [0.1, 0.15) is 41.2 Å². The van der Waals surface area contributed by atoms with Crippen molar-refractivity contribution in [2.24, 2.45) is 4.99 Å². The van der Waals surface area contributed by atoms with Crippen LogP contribution in [0, 0.1) is 20.8 Å². The molecule has 134 valence electrons. The highest BCUT2D eigenvalue weighted by Crippen LogP contribution is 2.33. The summed E-state index contributed by atoms with van der Waals surface area (Å²) in [7, 11) is 0. The molecule has 0 aliphatic heterocycles. The molecule has 3 aromatic carbocycles. The zero-order valence-corrected chi connectivity index (χ0v) is 16.5. The second-order valence-corrected chi connectivity index (χ2v) is 7.58. The summed E-state index contributed by atoms with van der Waals surface area (Å²) in [4.78, 5) is 4.95. The molecule has 0 saturated heterocycles. The van der Waals surface area contributed by atoms with Crippen molar-refractivity contribution in [1.29, 1.82) is 0 Å². The summed E-state index contributed by atoms with van der Waals surface area (Å²) in [6.07, 6.45) is 7.65. The summed E-state index contributed by atoms with van der Waals surface area (Å²) in [6.45, 7) is 8.59. The van der Waals surface area contributed by atoms with Gasteiger partial charge in [-0.3, -0.25) is 4.99 Å². The van der Waals surface area contributed by atoms with Gasteiger partial charge in [0.2, 0.25) is 0 Å². The second-order valence-electron chi connectivity index (χ2n) is 7.58. The molecule has 0 bridgehead atoms. The zero-order chi connectivity index (χ0) is 19.0. The van der Waals surface area contributed by atoms with E-state index in [0.29, 0.717) is 0 Å². The van der Waals surface area contributed by atoms with Gasteiger partial charge < -0.3 is 0 Å². The average molecular weight is 351 g/mol. The van der Waals surface area contributed by atoms with Gasteiger partial charge in [0, 0.05) is 11.8 Å². The van der Waals surface area contributed by atoms with E-state index in [2.05, 4.69) is 94.6 Å². The van der Waals surface area contributed by atoms with Gasteiger partial charge in [-0.25, -0.2) is 0 Å². The Labute approximate surface area is 161 Å². The summed E-state index contributed by atoms with van der Waals surface area (Å²) in [5, 5.41) is 2.51. The van der Waals surface area contributed by atoms with Crippen LogP contribution >= 0.6 is 0 Å². The summed E-state index contributed by atoms with van der Waals surface area (Å²) >= 11 is 0. The Morgan fingerprint density at radius 3 is 2.33 bits per heavy atom. The van der Waals surface area contributed by atoms with Crippen LogP contribution in [0.3, 0.4) is 0 Å². The monoisotopic (exact) mass is 351 g/mol. The minimum atomic E-state index is 0.994. The van der Waals surface area contributed by atoms with E-state index in [9.17, 15) is 0 Å². The number of hydrogen-bond acceptors (Lipinski definition) is 1. The smallest absolute Gasteiger partial charge is 0.0688 e. The molecule has 0 saturated carbocycles. The van der Waals surface area contributed by atoms with Gasteiger partial charge in [0.15, 0.2) is 0 Å². The number of allylic oxidation sites excluding steroid dienone is 4. The first-order valence-corrected chi connectivity index (χ1v) is 9.54. The molecule has 0 aromatic heterocycles. The van der Waals surface area contributed by atoms with Gasteiger partial charge in [0.1, 0.15) is 0 Å². The zero-order valence-electron chi connectivity index (χ0n) is 16.5. The molecule has 27 heavy (non-hydrogen) atoms. The summed E-state index contributed by atoms with van der Waals surface area (Å²) in [5.74, 6) is 0. The topological polar surface area (TPSA) is 12.4 Å². The lowest BCUT2D eigenvalue weighted by Gasteiger charge is -2.12. The van der Waals surface area contributed by atoms with Crippen molar-refractivity contribution in [1.82, 2.24) is 0 Å². The van der Waals surface area contributed by atoms with Gasteiger partial charge in [-0.15, -0.1) is 0 Å². The predicted molar refractivity (Wildman–Crippen MR) is 118 cm³/mol. The third-order valence-corrected chi connectivity index (χ3v) is 5.32. The highest BCUT2D eigenvalue weighted by molar-refractivity contribution is 6.05. The van der Waals surface area contributed by atoms with E-state index in [0.717, 1.165) is 12.1 Å². The van der Waals surface area contributed by atoms with Gasteiger partial charge in [-0.05, 0) is 67.2 Å². The molecule has 0 amide bonds.